The molecule has 0 spiro atoms. The molecule has 1 aromatic carbocycles. The van der Waals surface area contributed by atoms with Gasteiger partial charge in [-0.25, -0.2) is 4.68 Å². The highest BCUT2D eigenvalue weighted by atomic mass is 16.3. The molecule has 4 heterocycles. The van der Waals surface area contributed by atoms with E-state index in [1.54, 1.807) is 6.07 Å². The molecule has 30 heavy (non-hydrogen) atoms. The fourth-order valence-electron chi connectivity index (χ4n) is 5.45. The Hall–Kier alpha value is -2.44. The Bertz CT molecular complexity index is 1150. The summed E-state index contributed by atoms with van der Waals surface area (Å²) in [4.78, 5) is 14.7. The number of aliphatic hydroxyl groups is 1. The third-order valence-electron chi connectivity index (χ3n) is 6.96. The second-order valence-electron chi connectivity index (χ2n) is 9.31. The van der Waals surface area contributed by atoms with Crippen LogP contribution in [-0.2, 0) is 13.1 Å². The first-order chi connectivity index (χ1) is 14.3. The molecule has 0 aliphatic carbocycles. The molecule has 2 aromatic heterocycles. The van der Waals surface area contributed by atoms with Gasteiger partial charge >= 0.3 is 0 Å². The van der Waals surface area contributed by atoms with Gasteiger partial charge in [-0.2, -0.15) is 5.10 Å². The number of furan rings is 1. The highest BCUT2D eigenvalue weighted by molar-refractivity contribution is 5.82. The van der Waals surface area contributed by atoms with Crippen LogP contribution in [-0.4, -0.2) is 37.5 Å². The average Bonchev–Trinajstić information content (AvgIpc) is 3.13. The van der Waals surface area contributed by atoms with Crippen LogP contribution >= 0.6 is 0 Å². The molecule has 2 aliphatic heterocycles. The Kier molecular flexibility index (Phi) is 4.60. The Labute approximate surface area is 176 Å². The van der Waals surface area contributed by atoms with Crippen molar-refractivity contribution in [2.45, 2.75) is 77.2 Å². The molecule has 5 rings (SSSR count). The molecule has 2 aliphatic rings. The monoisotopic (exact) mass is 407 g/mol. The summed E-state index contributed by atoms with van der Waals surface area (Å²) in [6, 6.07) is 10.2. The van der Waals surface area contributed by atoms with Gasteiger partial charge in [0.2, 0.25) is 0 Å². The number of rotatable bonds is 4. The highest BCUT2D eigenvalue weighted by Gasteiger charge is 2.48. The summed E-state index contributed by atoms with van der Waals surface area (Å²) >= 11 is 0. The lowest BCUT2D eigenvalue weighted by Gasteiger charge is -2.43. The van der Waals surface area contributed by atoms with Gasteiger partial charge in [0.15, 0.2) is 0 Å². The van der Waals surface area contributed by atoms with Crippen LogP contribution in [0.1, 0.15) is 48.3 Å². The predicted octanol–water partition coefficient (Wildman–Crippen LogP) is 3.47. The van der Waals surface area contributed by atoms with Gasteiger partial charge in [-0.1, -0.05) is 11.6 Å². The van der Waals surface area contributed by atoms with Crippen molar-refractivity contribution in [2.75, 3.05) is 0 Å². The van der Waals surface area contributed by atoms with Gasteiger partial charge in [0, 0.05) is 23.5 Å². The summed E-state index contributed by atoms with van der Waals surface area (Å²) in [5, 5.41) is 16.9. The van der Waals surface area contributed by atoms with Crippen LogP contribution in [0.4, 0.5) is 0 Å². The third-order valence-corrected chi connectivity index (χ3v) is 6.96. The largest absolute Gasteiger partial charge is 0.459 e. The van der Waals surface area contributed by atoms with Crippen molar-refractivity contribution in [1.82, 2.24) is 14.7 Å². The van der Waals surface area contributed by atoms with Crippen molar-refractivity contribution >= 4 is 11.0 Å². The first kappa shape index (κ1) is 19.5. The van der Waals surface area contributed by atoms with E-state index >= 15 is 0 Å². The van der Waals surface area contributed by atoms with E-state index in [1.165, 1.54) is 27.3 Å². The van der Waals surface area contributed by atoms with Crippen molar-refractivity contribution in [1.29, 1.82) is 0 Å². The summed E-state index contributed by atoms with van der Waals surface area (Å²) < 4.78 is 7.62. The fourth-order valence-corrected chi connectivity index (χ4v) is 5.45. The summed E-state index contributed by atoms with van der Waals surface area (Å²) in [6.07, 6.45) is 3.46. The molecule has 0 saturated carbocycles. The molecule has 2 atom stereocenters. The SMILES string of the molecule is Cc1ccc2oc(CN3C4CCC3CC(O)(Cn3nc(C)ccc3=O)C4)c(C)c2c1. The summed E-state index contributed by atoms with van der Waals surface area (Å²) in [7, 11) is 0. The minimum absolute atomic E-state index is 0.156. The van der Waals surface area contributed by atoms with E-state index in [2.05, 4.69) is 42.0 Å². The zero-order valence-electron chi connectivity index (χ0n) is 17.9. The van der Waals surface area contributed by atoms with Crippen LogP contribution < -0.4 is 5.56 Å². The van der Waals surface area contributed by atoms with Crippen LogP contribution in [0.2, 0.25) is 0 Å². The number of aromatic nitrogens is 2. The molecule has 1 N–H and O–H groups in total. The number of hydrogen-bond acceptors (Lipinski definition) is 5. The molecule has 6 heteroatoms. The molecule has 2 fully saturated rings. The molecule has 0 radical (unpaired) electrons. The van der Waals surface area contributed by atoms with Crippen LogP contribution in [0.3, 0.4) is 0 Å². The first-order valence-corrected chi connectivity index (χ1v) is 10.8. The molecule has 2 unspecified atom stereocenters. The zero-order chi connectivity index (χ0) is 21.0. The summed E-state index contributed by atoms with van der Waals surface area (Å²) in [5.41, 5.74) is 3.13. The van der Waals surface area contributed by atoms with Crippen molar-refractivity contribution in [2.24, 2.45) is 0 Å². The Morgan fingerprint density at radius 2 is 1.87 bits per heavy atom. The molecule has 6 nitrogen and oxygen atoms in total. The molecule has 2 saturated heterocycles. The van der Waals surface area contributed by atoms with Gasteiger partial charge in [-0.15, -0.1) is 0 Å². The standard InChI is InChI=1S/C24H29N3O3/c1-15-4-8-21-20(10-15)17(3)22(30-21)13-26-18-6-7-19(26)12-24(29,11-18)14-27-23(28)9-5-16(2)25-27/h4-5,8-10,18-19,29H,6-7,11-14H2,1-3H3. The molecule has 158 valence electrons. The number of aryl methyl sites for hydroxylation is 3. The van der Waals surface area contributed by atoms with E-state index in [9.17, 15) is 9.90 Å². The second kappa shape index (κ2) is 7.06. The van der Waals surface area contributed by atoms with E-state index in [0.29, 0.717) is 24.9 Å². The van der Waals surface area contributed by atoms with Crippen molar-refractivity contribution in [3.05, 3.63) is 63.3 Å². The smallest absolute Gasteiger partial charge is 0.266 e. The normalized spacial score (nSPS) is 26.5. The number of hydrogen-bond donors (Lipinski definition) is 1. The number of benzene rings is 1. The fraction of sp³-hybridized carbons (Fsp3) is 0.500. The number of nitrogens with zero attached hydrogens (tertiary/aromatic N) is 3. The lowest BCUT2D eigenvalue weighted by atomic mass is 9.85. The van der Waals surface area contributed by atoms with Crippen LogP contribution in [0.15, 0.2) is 39.5 Å². The lowest BCUT2D eigenvalue weighted by Crippen LogP contribution is -2.53. The molecule has 3 aromatic rings. The van der Waals surface area contributed by atoms with Gasteiger partial charge in [0.1, 0.15) is 11.3 Å². The number of piperidine rings is 1. The minimum atomic E-state index is -0.896. The summed E-state index contributed by atoms with van der Waals surface area (Å²) in [6.45, 7) is 7.14. The van der Waals surface area contributed by atoms with Crippen LogP contribution in [0.5, 0.6) is 0 Å². The van der Waals surface area contributed by atoms with Gasteiger partial charge < -0.3 is 9.52 Å². The van der Waals surface area contributed by atoms with E-state index < -0.39 is 5.60 Å². The zero-order valence-corrected chi connectivity index (χ0v) is 17.9. The average molecular weight is 408 g/mol. The quantitative estimate of drug-likeness (QED) is 0.717. The Morgan fingerprint density at radius 3 is 2.60 bits per heavy atom. The van der Waals surface area contributed by atoms with Crippen molar-refractivity contribution in [3.8, 4) is 0 Å². The lowest BCUT2D eigenvalue weighted by molar-refractivity contribution is -0.0690. The predicted molar refractivity (Wildman–Crippen MR) is 115 cm³/mol. The van der Waals surface area contributed by atoms with Crippen molar-refractivity contribution in [3.63, 3.8) is 0 Å². The van der Waals surface area contributed by atoms with Gasteiger partial charge in [-0.05, 0) is 70.2 Å². The van der Waals surface area contributed by atoms with Gasteiger partial charge in [-0.3, -0.25) is 9.69 Å². The van der Waals surface area contributed by atoms with E-state index in [0.717, 1.165) is 36.4 Å². The molecule has 0 amide bonds. The first-order valence-electron chi connectivity index (χ1n) is 10.8. The maximum atomic E-state index is 12.2. The Balaban J connectivity index is 1.36. The van der Waals surface area contributed by atoms with Crippen LogP contribution in [0, 0.1) is 20.8 Å². The number of fused-ring (bicyclic) bond motifs is 3. The van der Waals surface area contributed by atoms with Gasteiger partial charge in [0.05, 0.1) is 24.4 Å². The van der Waals surface area contributed by atoms with Gasteiger partial charge in [0.25, 0.3) is 5.56 Å². The molecule has 2 bridgehead atoms. The maximum Gasteiger partial charge on any atom is 0.266 e. The third kappa shape index (κ3) is 3.38. The highest BCUT2D eigenvalue weighted by Crippen LogP contribution is 2.43. The van der Waals surface area contributed by atoms with E-state index in [-0.39, 0.29) is 12.1 Å². The Morgan fingerprint density at radius 1 is 1.13 bits per heavy atom. The second-order valence-corrected chi connectivity index (χ2v) is 9.31. The van der Waals surface area contributed by atoms with Crippen LogP contribution in [0.25, 0.3) is 11.0 Å². The topological polar surface area (TPSA) is 71.5 Å². The van der Waals surface area contributed by atoms with E-state index in [1.807, 2.05) is 6.92 Å². The molecular formula is C24H29N3O3. The maximum absolute atomic E-state index is 12.2. The molecular weight excluding hydrogens is 378 g/mol. The minimum Gasteiger partial charge on any atom is -0.459 e. The van der Waals surface area contributed by atoms with E-state index in [4.69, 9.17) is 4.42 Å². The summed E-state index contributed by atoms with van der Waals surface area (Å²) in [5.74, 6) is 1.02. The van der Waals surface area contributed by atoms with Crippen molar-refractivity contribution < 1.29 is 9.52 Å².